The number of hydrogen-bond acceptors (Lipinski definition) is 4. The third-order valence-electron chi connectivity index (χ3n) is 5.61. The van der Waals surface area contributed by atoms with Crippen LogP contribution in [0.4, 0.5) is 8.78 Å². The van der Waals surface area contributed by atoms with E-state index in [0.29, 0.717) is 40.4 Å². The first-order valence-corrected chi connectivity index (χ1v) is 11.4. The van der Waals surface area contributed by atoms with Crippen molar-refractivity contribution < 1.29 is 18.0 Å². The van der Waals surface area contributed by atoms with E-state index in [4.69, 9.17) is 4.42 Å². The first-order valence-electron chi connectivity index (χ1n) is 10.4. The van der Waals surface area contributed by atoms with Crippen molar-refractivity contribution in [3.8, 4) is 11.1 Å². The molecular weight excluding hydrogens is 430 g/mol. The van der Waals surface area contributed by atoms with Gasteiger partial charge < -0.3 is 9.32 Å². The molecule has 0 N–H and O–H groups in total. The molecule has 0 aliphatic carbocycles. The van der Waals surface area contributed by atoms with Crippen LogP contribution in [0.1, 0.15) is 24.8 Å². The highest BCUT2D eigenvalue weighted by Gasteiger charge is 2.33. The number of carbonyl (C=O) groups excluding carboxylic acids is 1. The SMILES string of the molecule is O=C(CSc1ccccc1)N1CCC[C@@H]1c1nc2cc(-c3ccc(F)cc3F)ccc2o1. The van der Waals surface area contributed by atoms with Gasteiger partial charge in [-0.05, 0) is 54.8 Å². The average Bonchev–Trinajstić information content (AvgIpc) is 3.44. The maximum Gasteiger partial charge on any atom is 0.233 e. The molecule has 162 valence electrons. The summed E-state index contributed by atoms with van der Waals surface area (Å²) < 4.78 is 33.4. The lowest BCUT2D eigenvalue weighted by molar-refractivity contribution is -0.129. The van der Waals surface area contributed by atoms with E-state index in [1.807, 2.05) is 35.2 Å². The fourth-order valence-electron chi connectivity index (χ4n) is 4.05. The normalized spacial score (nSPS) is 16.1. The summed E-state index contributed by atoms with van der Waals surface area (Å²) in [6, 6.07) is 18.3. The van der Waals surface area contributed by atoms with Gasteiger partial charge in [-0.15, -0.1) is 11.8 Å². The number of fused-ring (bicyclic) bond motifs is 1. The smallest absolute Gasteiger partial charge is 0.233 e. The molecule has 3 aromatic carbocycles. The highest BCUT2D eigenvalue weighted by atomic mass is 32.2. The lowest BCUT2D eigenvalue weighted by atomic mass is 10.0. The molecule has 0 radical (unpaired) electrons. The molecule has 2 heterocycles. The van der Waals surface area contributed by atoms with Crippen molar-refractivity contribution in [2.75, 3.05) is 12.3 Å². The Kier molecular flexibility index (Phi) is 5.66. The molecule has 0 unspecified atom stereocenters. The van der Waals surface area contributed by atoms with Gasteiger partial charge in [0.1, 0.15) is 23.2 Å². The number of halogens is 2. The van der Waals surface area contributed by atoms with E-state index in [1.165, 1.54) is 23.9 Å². The maximum atomic E-state index is 14.2. The molecule has 1 amide bonds. The first-order chi connectivity index (χ1) is 15.6. The van der Waals surface area contributed by atoms with Crippen LogP contribution in [0.5, 0.6) is 0 Å². The molecule has 7 heteroatoms. The van der Waals surface area contributed by atoms with Gasteiger partial charge in [-0.1, -0.05) is 24.3 Å². The van der Waals surface area contributed by atoms with E-state index in [0.717, 1.165) is 23.8 Å². The number of rotatable bonds is 5. The summed E-state index contributed by atoms with van der Waals surface area (Å²) in [4.78, 5) is 20.4. The van der Waals surface area contributed by atoms with Crippen molar-refractivity contribution >= 4 is 28.8 Å². The standard InChI is InChI=1S/C25H20F2N2O2S/c26-17-9-10-19(20(27)14-17)16-8-11-23-21(13-16)28-25(31-23)22-7-4-12-29(22)24(30)15-32-18-5-2-1-3-6-18/h1-3,5-6,8-11,13-14,22H,4,7,12,15H2/t22-/m1/s1. The molecule has 1 fully saturated rings. The molecule has 0 saturated carbocycles. The predicted octanol–water partition coefficient (Wildman–Crippen LogP) is 6.23. The van der Waals surface area contributed by atoms with Crippen LogP contribution in [0.15, 0.2) is 76.0 Å². The minimum absolute atomic E-state index is 0.0534. The molecule has 1 aliphatic rings. The van der Waals surface area contributed by atoms with Gasteiger partial charge in [-0.25, -0.2) is 13.8 Å². The van der Waals surface area contributed by atoms with Crippen molar-refractivity contribution in [2.45, 2.75) is 23.8 Å². The highest BCUT2D eigenvalue weighted by Crippen LogP contribution is 2.35. The number of carbonyl (C=O) groups is 1. The summed E-state index contributed by atoms with van der Waals surface area (Å²) in [6.07, 6.45) is 1.67. The Balaban J connectivity index is 1.37. The molecule has 5 rings (SSSR count). The summed E-state index contributed by atoms with van der Waals surface area (Å²) in [6.45, 7) is 0.670. The second kappa shape index (κ2) is 8.74. The Labute approximate surface area is 188 Å². The minimum atomic E-state index is -0.628. The number of likely N-dealkylation sites (tertiary alicyclic amines) is 1. The Morgan fingerprint density at radius 3 is 2.75 bits per heavy atom. The van der Waals surface area contributed by atoms with E-state index in [1.54, 1.807) is 18.2 Å². The molecule has 0 spiro atoms. The monoisotopic (exact) mass is 450 g/mol. The Morgan fingerprint density at radius 1 is 1.09 bits per heavy atom. The molecular formula is C25H20F2N2O2S. The average molecular weight is 451 g/mol. The van der Waals surface area contributed by atoms with E-state index >= 15 is 0 Å². The van der Waals surface area contributed by atoms with Gasteiger partial charge in [-0.2, -0.15) is 0 Å². The molecule has 1 aliphatic heterocycles. The van der Waals surface area contributed by atoms with Crippen LogP contribution in [-0.4, -0.2) is 28.1 Å². The lowest BCUT2D eigenvalue weighted by Gasteiger charge is -2.22. The van der Waals surface area contributed by atoms with Gasteiger partial charge in [0.05, 0.1) is 5.75 Å². The second-order valence-corrected chi connectivity index (χ2v) is 8.75. The number of oxazole rings is 1. The minimum Gasteiger partial charge on any atom is -0.438 e. The second-order valence-electron chi connectivity index (χ2n) is 7.71. The molecule has 0 bridgehead atoms. The molecule has 4 aromatic rings. The summed E-state index contributed by atoms with van der Waals surface area (Å²) in [5.41, 5.74) is 2.05. The molecule has 1 saturated heterocycles. The fourth-order valence-corrected chi connectivity index (χ4v) is 4.85. The third-order valence-corrected chi connectivity index (χ3v) is 6.61. The zero-order chi connectivity index (χ0) is 22.1. The predicted molar refractivity (Wildman–Crippen MR) is 120 cm³/mol. The van der Waals surface area contributed by atoms with Crippen LogP contribution in [0.2, 0.25) is 0 Å². The van der Waals surface area contributed by atoms with Gasteiger partial charge in [0.2, 0.25) is 11.8 Å². The quantitative estimate of drug-likeness (QED) is 0.338. The van der Waals surface area contributed by atoms with Crippen molar-refractivity contribution in [3.05, 3.63) is 84.3 Å². The van der Waals surface area contributed by atoms with Crippen LogP contribution >= 0.6 is 11.8 Å². The zero-order valence-corrected chi connectivity index (χ0v) is 17.9. The Bertz CT molecular complexity index is 1280. The molecule has 32 heavy (non-hydrogen) atoms. The van der Waals surface area contributed by atoms with E-state index in [-0.39, 0.29) is 11.9 Å². The summed E-state index contributed by atoms with van der Waals surface area (Å²) in [7, 11) is 0. The van der Waals surface area contributed by atoms with Crippen molar-refractivity contribution in [1.29, 1.82) is 0 Å². The third kappa shape index (κ3) is 4.12. The Morgan fingerprint density at radius 2 is 1.94 bits per heavy atom. The van der Waals surface area contributed by atoms with Gasteiger partial charge >= 0.3 is 0 Å². The highest BCUT2D eigenvalue weighted by molar-refractivity contribution is 8.00. The van der Waals surface area contributed by atoms with Crippen LogP contribution in [-0.2, 0) is 4.79 Å². The largest absolute Gasteiger partial charge is 0.438 e. The van der Waals surface area contributed by atoms with Crippen LogP contribution in [0.25, 0.3) is 22.2 Å². The van der Waals surface area contributed by atoms with E-state index in [9.17, 15) is 13.6 Å². The van der Waals surface area contributed by atoms with Crippen molar-refractivity contribution in [3.63, 3.8) is 0 Å². The van der Waals surface area contributed by atoms with Gasteiger partial charge in [0, 0.05) is 23.1 Å². The molecule has 4 nitrogen and oxygen atoms in total. The van der Waals surface area contributed by atoms with Crippen molar-refractivity contribution in [1.82, 2.24) is 9.88 Å². The number of aromatic nitrogens is 1. The zero-order valence-electron chi connectivity index (χ0n) is 17.1. The molecule has 1 atom stereocenters. The van der Waals surface area contributed by atoms with E-state index < -0.39 is 11.6 Å². The topological polar surface area (TPSA) is 46.3 Å². The maximum absolute atomic E-state index is 14.2. The van der Waals surface area contributed by atoms with Gasteiger partial charge in [-0.3, -0.25) is 4.79 Å². The van der Waals surface area contributed by atoms with Crippen molar-refractivity contribution in [2.24, 2.45) is 0 Å². The molecule has 1 aromatic heterocycles. The number of nitrogens with zero attached hydrogens (tertiary/aromatic N) is 2. The summed E-state index contributed by atoms with van der Waals surface area (Å²) >= 11 is 1.52. The fraction of sp³-hybridized carbons (Fsp3) is 0.200. The number of benzene rings is 3. The Hall–Kier alpha value is -3.19. The first kappa shape index (κ1) is 20.7. The van der Waals surface area contributed by atoms with Crippen LogP contribution in [0, 0.1) is 11.6 Å². The summed E-state index contributed by atoms with van der Waals surface area (Å²) in [5.74, 6) is -0.344. The summed E-state index contributed by atoms with van der Waals surface area (Å²) in [5, 5.41) is 0. The van der Waals surface area contributed by atoms with Gasteiger partial charge in [0.15, 0.2) is 5.58 Å². The van der Waals surface area contributed by atoms with E-state index in [2.05, 4.69) is 4.98 Å². The number of thioether (sulfide) groups is 1. The number of hydrogen-bond donors (Lipinski definition) is 0. The van der Waals surface area contributed by atoms with Crippen LogP contribution in [0.3, 0.4) is 0 Å². The number of amides is 1. The van der Waals surface area contributed by atoms with Gasteiger partial charge in [0.25, 0.3) is 0 Å². The van der Waals surface area contributed by atoms with Crippen LogP contribution < -0.4 is 0 Å². The lowest BCUT2D eigenvalue weighted by Crippen LogP contribution is -2.32.